The number of hydrogen-bond acceptors (Lipinski definition) is 5. The molecule has 0 radical (unpaired) electrons. The topological polar surface area (TPSA) is 89.6 Å². The number of amides is 2. The highest BCUT2D eigenvalue weighted by Crippen LogP contribution is 2.18. The predicted molar refractivity (Wildman–Crippen MR) is 117 cm³/mol. The Morgan fingerprint density at radius 2 is 1.68 bits per heavy atom. The molecule has 31 heavy (non-hydrogen) atoms. The van der Waals surface area contributed by atoms with Crippen molar-refractivity contribution in [2.45, 2.75) is 18.9 Å². The van der Waals surface area contributed by atoms with Crippen LogP contribution in [0.1, 0.15) is 33.6 Å². The number of nitrogens with one attached hydrogen (secondary N) is 2. The van der Waals surface area contributed by atoms with Gasteiger partial charge in [-0.15, -0.1) is 0 Å². The van der Waals surface area contributed by atoms with Crippen LogP contribution in [0.25, 0.3) is 0 Å². The van der Waals surface area contributed by atoms with Crippen molar-refractivity contribution in [3.8, 4) is 5.75 Å². The van der Waals surface area contributed by atoms with E-state index in [1.165, 1.54) is 0 Å². The zero-order chi connectivity index (χ0) is 21.5. The summed E-state index contributed by atoms with van der Waals surface area (Å²) in [7, 11) is 0. The molecule has 2 heterocycles. The maximum absolute atomic E-state index is 12.6. The van der Waals surface area contributed by atoms with E-state index in [1.54, 1.807) is 73.1 Å². The van der Waals surface area contributed by atoms with Gasteiger partial charge in [-0.05, 0) is 67.4 Å². The first kappa shape index (κ1) is 20.6. The van der Waals surface area contributed by atoms with Crippen molar-refractivity contribution in [1.82, 2.24) is 4.98 Å². The second kappa shape index (κ2) is 9.86. The van der Waals surface area contributed by atoms with Crippen LogP contribution in [-0.2, 0) is 4.74 Å². The quantitative estimate of drug-likeness (QED) is 0.603. The first-order chi connectivity index (χ1) is 15.2. The molecule has 7 heteroatoms. The van der Waals surface area contributed by atoms with Crippen molar-refractivity contribution < 1.29 is 19.1 Å². The van der Waals surface area contributed by atoms with Gasteiger partial charge in [-0.25, -0.2) is 0 Å². The molecule has 3 aromatic rings. The zero-order valence-corrected chi connectivity index (χ0v) is 16.9. The number of carbonyl (C=O) groups is 2. The molecule has 1 fully saturated rings. The molecular formula is C24H23N3O4. The number of benzene rings is 2. The summed E-state index contributed by atoms with van der Waals surface area (Å²) in [6, 6.07) is 17.1. The number of nitrogens with zero attached hydrogens (tertiary/aromatic N) is 1. The lowest BCUT2D eigenvalue weighted by Gasteiger charge is -2.12. The molecule has 1 aliphatic heterocycles. The molecule has 0 aliphatic carbocycles. The second-order valence-corrected chi connectivity index (χ2v) is 7.20. The fraction of sp³-hybridized carbons (Fsp3) is 0.208. The minimum Gasteiger partial charge on any atom is -0.491 e. The molecule has 1 unspecified atom stereocenters. The van der Waals surface area contributed by atoms with Gasteiger partial charge in [-0.3, -0.25) is 14.6 Å². The third kappa shape index (κ3) is 5.67. The van der Waals surface area contributed by atoms with E-state index >= 15 is 0 Å². The van der Waals surface area contributed by atoms with Crippen LogP contribution in [0.2, 0.25) is 0 Å². The van der Waals surface area contributed by atoms with E-state index in [0.717, 1.165) is 19.4 Å². The summed E-state index contributed by atoms with van der Waals surface area (Å²) in [6.07, 6.45) is 5.43. The first-order valence-corrected chi connectivity index (χ1v) is 10.1. The number of carbonyl (C=O) groups excluding carboxylic acids is 2. The fourth-order valence-electron chi connectivity index (χ4n) is 3.25. The molecule has 158 valence electrons. The standard InChI is InChI=1S/C24H23N3O4/c28-23(17-6-8-21(9-7-17)31-16-22-5-2-14-30-22)27-20-4-1-3-18(15-20)24(29)26-19-10-12-25-13-11-19/h1,3-4,6-13,15,22H,2,5,14,16H2,(H,27,28)(H,25,26,29). The van der Waals surface area contributed by atoms with Crippen LogP contribution in [0.3, 0.4) is 0 Å². The monoisotopic (exact) mass is 417 g/mol. The van der Waals surface area contributed by atoms with Gasteiger partial charge in [0.05, 0.1) is 6.10 Å². The average molecular weight is 417 g/mol. The van der Waals surface area contributed by atoms with Crippen molar-refractivity contribution in [2.75, 3.05) is 23.8 Å². The summed E-state index contributed by atoms with van der Waals surface area (Å²) in [5.74, 6) is 0.161. The highest BCUT2D eigenvalue weighted by molar-refractivity contribution is 6.07. The van der Waals surface area contributed by atoms with E-state index in [1.807, 2.05) is 0 Å². The van der Waals surface area contributed by atoms with Crippen LogP contribution in [0.5, 0.6) is 5.75 Å². The van der Waals surface area contributed by atoms with Gasteiger partial charge in [0, 0.05) is 41.5 Å². The third-order valence-electron chi connectivity index (χ3n) is 4.90. The largest absolute Gasteiger partial charge is 0.491 e. The number of rotatable bonds is 7. The van der Waals surface area contributed by atoms with Gasteiger partial charge in [0.1, 0.15) is 12.4 Å². The lowest BCUT2D eigenvalue weighted by molar-refractivity contribution is 0.0679. The van der Waals surface area contributed by atoms with Gasteiger partial charge in [-0.2, -0.15) is 0 Å². The van der Waals surface area contributed by atoms with E-state index in [2.05, 4.69) is 15.6 Å². The Bertz CT molecular complexity index is 1030. The summed E-state index contributed by atoms with van der Waals surface area (Å²) in [6.45, 7) is 1.31. The molecule has 2 N–H and O–H groups in total. The molecule has 0 spiro atoms. The van der Waals surface area contributed by atoms with E-state index in [4.69, 9.17) is 9.47 Å². The molecule has 2 amide bonds. The van der Waals surface area contributed by atoms with Gasteiger partial charge in [-0.1, -0.05) is 6.07 Å². The van der Waals surface area contributed by atoms with Crippen LogP contribution in [0, 0.1) is 0 Å². The SMILES string of the molecule is O=C(Nc1cccc(C(=O)Nc2ccncc2)c1)c1ccc(OCC2CCCO2)cc1. The summed E-state index contributed by atoms with van der Waals surface area (Å²) in [5, 5.41) is 5.62. The Morgan fingerprint density at radius 3 is 2.42 bits per heavy atom. The van der Waals surface area contributed by atoms with E-state index in [-0.39, 0.29) is 17.9 Å². The fourth-order valence-corrected chi connectivity index (χ4v) is 3.25. The normalized spacial score (nSPS) is 15.3. The summed E-state index contributed by atoms with van der Waals surface area (Å²) in [4.78, 5) is 29.0. The molecule has 1 saturated heterocycles. The Morgan fingerprint density at radius 1 is 0.935 bits per heavy atom. The minimum absolute atomic E-state index is 0.144. The van der Waals surface area contributed by atoms with Crippen LogP contribution in [0.15, 0.2) is 73.1 Å². The maximum Gasteiger partial charge on any atom is 0.255 e. The molecule has 2 aromatic carbocycles. The number of aromatic nitrogens is 1. The molecule has 0 saturated carbocycles. The highest BCUT2D eigenvalue weighted by Gasteiger charge is 2.16. The molecular weight excluding hydrogens is 394 g/mol. The van der Waals surface area contributed by atoms with Gasteiger partial charge < -0.3 is 20.1 Å². The van der Waals surface area contributed by atoms with Crippen LogP contribution in [-0.4, -0.2) is 36.1 Å². The smallest absolute Gasteiger partial charge is 0.255 e. The Hall–Kier alpha value is -3.71. The number of anilines is 2. The Kier molecular flexibility index (Phi) is 6.54. The minimum atomic E-state index is -0.268. The summed E-state index contributed by atoms with van der Waals surface area (Å²) >= 11 is 0. The van der Waals surface area contributed by atoms with Crippen molar-refractivity contribution in [1.29, 1.82) is 0 Å². The number of pyridine rings is 1. The Balaban J connectivity index is 1.34. The molecule has 1 aromatic heterocycles. The van der Waals surface area contributed by atoms with Crippen LogP contribution < -0.4 is 15.4 Å². The van der Waals surface area contributed by atoms with E-state index in [9.17, 15) is 9.59 Å². The van der Waals surface area contributed by atoms with Crippen LogP contribution in [0.4, 0.5) is 11.4 Å². The number of ether oxygens (including phenoxy) is 2. The van der Waals surface area contributed by atoms with Gasteiger partial charge in [0.25, 0.3) is 11.8 Å². The zero-order valence-electron chi connectivity index (χ0n) is 16.9. The van der Waals surface area contributed by atoms with Gasteiger partial charge in [0.15, 0.2) is 0 Å². The van der Waals surface area contributed by atoms with E-state index < -0.39 is 0 Å². The molecule has 1 atom stereocenters. The summed E-state index contributed by atoms with van der Waals surface area (Å²) < 4.78 is 11.3. The molecule has 7 nitrogen and oxygen atoms in total. The lowest BCUT2D eigenvalue weighted by atomic mass is 10.1. The second-order valence-electron chi connectivity index (χ2n) is 7.20. The lowest BCUT2D eigenvalue weighted by Crippen LogP contribution is -2.16. The van der Waals surface area contributed by atoms with Crippen molar-refractivity contribution >= 4 is 23.2 Å². The first-order valence-electron chi connectivity index (χ1n) is 10.1. The maximum atomic E-state index is 12.6. The van der Waals surface area contributed by atoms with Crippen molar-refractivity contribution in [2.24, 2.45) is 0 Å². The number of hydrogen-bond donors (Lipinski definition) is 2. The van der Waals surface area contributed by atoms with Crippen molar-refractivity contribution in [3.63, 3.8) is 0 Å². The molecule has 4 rings (SSSR count). The average Bonchev–Trinajstić information content (AvgIpc) is 3.33. The Labute approximate surface area is 180 Å². The van der Waals surface area contributed by atoms with E-state index in [0.29, 0.717) is 34.9 Å². The predicted octanol–water partition coefficient (Wildman–Crippen LogP) is 4.14. The highest BCUT2D eigenvalue weighted by atomic mass is 16.5. The molecule has 1 aliphatic rings. The van der Waals surface area contributed by atoms with Crippen molar-refractivity contribution in [3.05, 3.63) is 84.2 Å². The third-order valence-corrected chi connectivity index (χ3v) is 4.90. The van der Waals surface area contributed by atoms with Gasteiger partial charge in [0.2, 0.25) is 0 Å². The molecule has 0 bridgehead atoms. The summed E-state index contributed by atoms with van der Waals surface area (Å²) in [5.41, 5.74) is 2.12. The van der Waals surface area contributed by atoms with Gasteiger partial charge >= 0.3 is 0 Å². The van der Waals surface area contributed by atoms with Crippen LogP contribution >= 0.6 is 0 Å².